The van der Waals surface area contributed by atoms with E-state index < -0.39 is 22.3 Å². The van der Waals surface area contributed by atoms with Crippen molar-refractivity contribution in [3.05, 3.63) is 62.9 Å². The van der Waals surface area contributed by atoms with Crippen LogP contribution in [-0.4, -0.2) is 15.9 Å². The van der Waals surface area contributed by atoms with Gasteiger partial charge in [0.15, 0.2) is 0 Å². The van der Waals surface area contributed by atoms with Gasteiger partial charge in [0, 0.05) is 12.1 Å². The first-order chi connectivity index (χ1) is 9.90. The number of phenolic OH excluding ortho intramolecular Hbond substituents is 1. The summed E-state index contributed by atoms with van der Waals surface area (Å²) in [5.41, 5.74) is -0.957. The molecule has 0 heterocycles. The molecule has 108 valence electrons. The summed E-state index contributed by atoms with van der Waals surface area (Å²) in [6, 6.07) is 7.29. The number of anilines is 1. The van der Waals surface area contributed by atoms with Crippen LogP contribution in [0.4, 0.5) is 15.8 Å². The van der Waals surface area contributed by atoms with E-state index in [0.717, 1.165) is 12.1 Å². The maximum atomic E-state index is 13.5. The Kier molecular flexibility index (Phi) is 4.04. The summed E-state index contributed by atoms with van der Waals surface area (Å²) in [7, 11) is 0. The molecule has 21 heavy (non-hydrogen) atoms. The summed E-state index contributed by atoms with van der Waals surface area (Å²) in [5, 5.41) is 22.2. The number of para-hydroxylation sites is 1. The van der Waals surface area contributed by atoms with Crippen LogP contribution in [-0.2, 0) is 0 Å². The summed E-state index contributed by atoms with van der Waals surface area (Å²) >= 11 is 5.77. The second kappa shape index (κ2) is 5.76. The van der Waals surface area contributed by atoms with Crippen LogP contribution in [0, 0.1) is 15.9 Å². The summed E-state index contributed by atoms with van der Waals surface area (Å²) in [6.07, 6.45) is 0. The molecule has 0 atom stereocenters. The number of nitro benzene ring substituents is 1. The number of amides is 1. The minimum atomic E-state index is -1.13. The van der Waals surface area contributed by atoms with E-state index >= 15 is 0 Å². The lowest BCUT2D eigenvalue weighted by Gasteiger charge is -2.08. The Hall–Kier alpha value is -2.67. The van der Waals surface area contributed by atoms with Crippen molar-refractivity contribution in [1.82, 2.24) is 0 Å². The molecule has 1 amide bonds. The van der Waals surface area contributed by atoms with Gasteiger partial charge in [-0.2, -0.15) is 4.39 Å². The highest BCUT2D eigenvalue weighted by Gasteiger charge is 2.19. The van der Waals surface area contributed by atoms with Gasteiger partial charge >= 0.3 is 5.69 Å². The lowest BCUT2D eigenvalue weighted by Crippen LogP contribution is -2.12. The molecule has 0 aliphatic carbocycles. The number of hydrogen-bond acceptors (Lipinski definition) is 4. The zero-order valence-electron chi connectivity index (χ0n) is 10.3. The molecule has 0 fully saturated rings. The Balaban J connectivity index is 2.32. The average Bonchev–Trinajstić information content (AvgIpc) is 2.42. The number of benzene rings is 2. The van der Waals surface area contributed by atoms with E-state index in [4.69, 9.17) is 11.6 Å². The summed E-state index contributed by atoms with van der Waals surface area (Å²) in [6.45, 7) is 0. The Labute approximate surface area is 122 Å². The maximum Gasteiger partial charge on any atom is 0.306 e. The van der Waals surface area contributed by atoms with Crippen LogP contribution >= 0.6 is 11.6 Å². The van der Waals surface area contributed by atoms with Crippen molar-refractivity contribution in [2.45, 2.75) is 0 Å². The molecule has 0 aliphatic rings. The van der Waals surface area contributed by atoms with Crippen LogP contribution in [0.15, 0.2) is 36.4 Å². The first-order valence-corrected chi connectivity index (χ1v) is 6.00. The van der Waals surface area contributed by atoms with Gasteiger partial charge in [-0.05, 0) is 12.1 Å². The van der Waals surface area contributed by atoms with Crippen LogP contribution in [0.1, 0.15) is 10.4 Å². The SMILES string of the molecule is O=C(Nc1cc(F)c([N+](=O)[O-])cc1Cl)c1ccccc1O. The lowest BCUT2D eigenvalue weighted by molar-refractivity contribution is -0.387. The molecule has 8 heteroatoms. The second-order valence-electron chi connectivity index (χ2n) is 4.01. The van der Waals surface area contributed by atoms with E-state index in [1.807, 2.05) is 0 Å². The number of carbonyl (C=O) groups is 1. The van der Waals surface area contributed by atoms with Crippen molar-refractivity contribution in [2.75, 3.05) is 5.32 Å². The fourth-order valence-electron chi connectivity index (χ4n) is 1.63. The number of nitrogens with one attached hydrogen (secondary N) is 1. The molecule has 0 saturated carbocycles. The van der Waals surface area contributed by atoms with Crippen molar-refractivity contribution in [3.63, 3.8) is 0 Å². The van der Waals surface area contributed by atoms with Gasteiger partial charge in [-0.25, -0.2) is 0 Å². The van der Waals surface area contributed by atoms with E-state index in [1.54, 1.807) is 0 Å². The monoisotopic (exact) mass is 310 g/mol. The van der Waals surface area contributed by atoms with Crippen molar-refractivity contribution in [2.24, 2.45) is 0 Å². The molecule has 0 aliphatic heterocycles. The molecule has 2 aromatic carbocycles. The molecule has 2 aromatic rings. The first-order valence-electron chi connectivity index (χ1n) is 5.63. The second-order valence-corrected chi connectivity index (χ2v) is 4.42. The third-order valence-electron chi connectivity index (χ3n) is 2.63. The minimum absolute atomic E-state index is 0.0349. The van der Waals surface area contributed by atoms with Gasteiger partial charge in [0.25, 0.3) is 5.91 Å². The molecule has 0 radical (unpaired) electrons. The maximum absolute atomic E-state index is 13.5. The van der Waals surface area contributed by atoms with E-state index in [1.165, 1.54) is 24.3 Å². The smallest absolute Gasteiger partial charge is 0.306 e. The number of carbonyl (C=O) groups excluding carboxylic acids is 1. The fourth-order valence-corrected chi connectivity index (χ4v) is 1.83. The highest BCUT2D eigenvalue weighted by molar-refractivity contribution is 6.34. The molecule has 0 unspecified atom stereocenters. The third-order valence-corrected chi connectivity index (χ3v) is 2.94. The predicted molar refractivity (Wildman–Crippen MR) is 74.1 cm³/mol. The summed E-state index contributed by atoms with van der Waals surface area (Å²) in [4.78, 5) is 21.6. The number of nitro groups is 1. The van der Waals surface area contributed by atoms with Crippen LogP contribution in [0.3, 0.4) is 0 Å². The topological polar surface area (TPSA) is 92.5 Å². The van der Waals surface area contributed by atoms with Crippen LogP contribution in [0.5, 0.6) is 5.75 Å². The van der Waals surface area contributed by atoms with Crippen molar-refractivity contribution < 1.29 is 19.2 Å². The number of halogens is 2. The third kappa shape index (κ3) is 3.09. The zero-order chi connectivity index (χ0) is 15.6. The average molecular weight is 311 g/mol. The standard InChI is InChI=1S/C13H8ClFN2O4/c14-8-5-11(17(20)21)9(15)6-10(8)16-13(19)7-3-1-2-4-12(7)18/h1-6,18H,(H,16,19). The Morgan fingerprint density at radius 3 is 2.62 bits per heavy atom. The van der Waals surface area contributed by atoms with Crippen LogP contribution < -0.4 is 5.32 Å². The number of nitrogens with zero attached hydrogens (tertiary/aromatic N) is 1. The molecular formula is C13H8ClFN2O4. The van der Waals surface area contributed by atoms with E-state index in [9.17, 15) is 24.4 Å². The lowest BCUT2D eigenvalue weighted by atomic mass is 10.2. The van der Waals surface area contributed by atoms with Gasteiger partial charge in [0.2, 0.25) is 5.82 Å². The van der Waals surface area contributed by atoms with E-state index in [2.05, 4.69) is 5.32 Å². The number of hydrogen-bond donors (Lipinski definition) is 2. The van der Waals surface area contributed by atoms with Crippen molar-refractivity contribution in [3.8, 4) is 5.75 Å². The molecular weight excluding hydrogens is 303 g/mol. The number of rotatable bonds is 3. The van der Waals surface area contributed by atoms with Gasteiger partial charge < -0.3 is 10.4 Å². The molecule has 2 N–H and O–H groups in total. The van der Waals surface area contributed by atoms with Crippen molar-refractivity contribution >= 4 is 28.9 Å². The number of aromatic hydroxyl groups is 1. The van der Waals surface area contributed by atoms with Crippen LogP contribution in [0.25, 0.3) is 0 Å². The van der Waals surface area contributed by atoms with E-state index in [-0.39, 0.29) is 22.0 Å². The Morgan fingerprint density at radius 1 is 1.33 bits per heavy atom. The first kappa shape index (κ1) is 14.7. The van der Waals surface area contributed by atoms with Crippen LogP contribution in [0.2, 0.25) is 5.02 Å². The molecule has 0 aromatic heterocycles. The minimum Gasteiger partial charge on any atom is -0.507 e. The number of phenols is 1. The van der Waals surface area contributed by atoms with Gasteiger partial charge in [-0.3, -0.25) is 14.9 Å². The quantitative estimate of drug-likeness (QED) is 0.671. The highest BCUT2D eigenvalue weighted by atomic mass is 35.5. The van der Waals surface area contributed by atoms with Gasteiger partial charge in [-0.1, -0.05) is 23.7 Å². The largest absolute Gasteiger partial charge is 0.507 e. The molecule has 0 bridgehead atoms. The Morgan fingerprint density at radius 2 is 2.00 bits per heavy atom. The van der Waals surface area contributed by atoms with Gasteiger partial charge in [0.05, 0.1) is 21.2 Å². The molecule has 0 saturated heterocycles. The van der Waals surface area contributed by atoms with E-state index in [0.29, 0.717) is 0 Å². The fraction of sp³-hybridized carbons (Fsp3) is 0. The summed E-state index contributed by atoms with van der Waals surface area (Å²) < 4.78 is 13.5. The molecule has 6 nitrogen and oxygen atoms in total. The molecule has 2 rings (SSSR count). The summed E-state index contributed by atoms with van der Waals surface area (Å²) in [5.74, 6) is -2.10. The van der Waals surface area contributed by atoms with Crippen molar-refractivity contribution in [1.29, 1.82) is 0 Å². The highest BCUT2D eigenvalue weighted by Crippen LogP contribution is 2.30. The normalized spacial score (nSPS) is 10.2. The van der Waals surface area contributed by atoms with Gasteiger partial charge in [0.1, 0.15) is 5.75 Å². The zero-order valence-corrected chi connectivity index (χ0v) is 11.1. The predicted octanol–water partition coefficient (Wildman–Crippen LogP) is 3.35. The van der Waals surface area contributed by atoms with Gasteiger partial charge in [-0.15, -0.1) is 0 Å². The Bertz CT molecular complexity index is 736. The molecule has 0 spiro atoms.